The number of aliphatic hydroxyl groups is 1. The van der Waals surface area contributed by atoms with E-state index < -0.39 is 21.2 Å². The van der Waals surface area contributed by atoms with E-state index in [1.807, 2.05) is 13.8 Å². The molecule has 0 amide bonds. The van der Waals surface area contributed by atoms with Crippen LogP contribution in [0.4, 0.5) is 0 Å². The van der Waals surface area contributed by atoms with Crippen LogP contribution in [0, 0.1) is 5.92 Å². The molecule has 1 heterocycles. The molecule has 104 valence electrons. The Labute approximate surface area is 107 Å². The summed E-state index contributed by atoms with van der Waals surface area (Å²) in [7, 11) is -3.24. The highest BCUT2D eigenvalue weighted by Crippen LogP contribution is 2.18. The third-order valence-electron chi connectivity index (χ3n) is 2.64. The number of nitrogens with zero attached hydrogens (tertiary/aromatic N) is 2. The van der Waals surface area contributed by atoms with Crippen molar-refractivity contribution in [3.05, 3.63) is 11.7 Å². The number of sulfone groups is 1. The number of rotatable bonds is 6. The molecular weight excluding hydrogens is 256 g/mol. The average molecular weight is 276 g/mol. The van der Waals surface area contributed by atoms with Gasteiger partial charge in [-0.2, -0.15) is 4.98 Å². The molecule has 0 aromatic carbocycles. The Balaban J connectivity index is 2.70. The monoisotopic (exact) mass is 276 g/mol. The highest BCUT2D eigenvalue weighted by atomic mass is 32.2. The van der Waals surface area contributed by atoms with Gasteiger partial charge in [-0.05, 0) is 19.3 Å². The van der Waals surface area contributed by atoms with Crippen molar-refractivity contribution in [1.82, 2.24) is 10.1 Å². The van der Waals surface area contributed by atoms with Gasteiger partial charge in [-0.3, -0.25) is 0 Å². The van der Waals surface area contributed by atoms with Gasteiger partial charge in [-0.25, -0.2) is 8.42 Å². The maximum absolute atomic E-state index is 11.3. The van der Waals surface area contributed by atoms with E-state index in [2.05, 4.69) is 10.1 Å². The highest BCUT2D eigenvalue weighted by Gasteiger charge is 2.23. The second-order valence-corrected chi connectivity index (χ2v) is 7.37. The topological polar surface area (TPSA) is 93.3 Å². The predicted octanol–water partition coefficient (Wildman–Crippen LogP) is 1.12. The second kappa shape index (κ2) is 5.79. The van der Waals surface area contributed by atoms with Gasteiger partial charge in [0.25, 0.3) is 0 Å². The van der Waals surface area contributed by atoms with Crippen LogP contribution < -0.4 is 0 Å². The van der Waals surface area contributed by atoms with E-state index in [1.54, 1.807) is 0 Å². The molecule has 1 rings (SSSR count). The normalized spacial score (nSPS) is 15.9. The third kappa shape index (κ3) is 4.38. The molecule has 0 radical (unpaired) electrons. The van der Waals surface area contributed by atoms with Crippen molar-refractivity contribution in [3.63, 3.8) is 0 Å². The predicted molar refractivity (Wildman–Crippen MR) is 66.7 cm³/mol. The fourth-order valence-corrected chi connectivity index (χ4v) is 2.02. The Bertz CT molecular complexity index is 481. The van der Waals surface area contributed by atoms with Crippen LogP contribution in [0.3, 0.4) is 0 Å². The first-order chi connectivity index (χ1) is 8.20. The number of hydrogen-bond donors (Lipinski definition) is 1. The zero-order valence-electron chi connectivity index (χ0n) is 11.1. The average Bonchev–Trinajstić information content (AvgIpc) is 2.61. The molecule has 2 unspecified atom stereocenters. The zero-order valence-corrected chi connectivity index (χ0v) is 11.9. The first-order valence-corrected chi connectivity index (χ1v) is 7.85. The molecule has 1 aromatic heterocycles. The molecule has 0 saturated carbocycles. The fraction of sp³-hybridized carbons (Fsp3) is 0.818. The summed E-state index contributed by atoms with van der Waals surface area (Å²) in [5.41, 5.74) is 0. The van der Waals surface area contributed by atoms with Gasteiger partial charge in [0.15, 0.2) is 15.7 Å². The van der Waals surface area contributed by atoms with Gasteiger partial charge in [0.05, 0.1) is 12.5 Å². The zero-order chi connectivity index (χ0) is 13.9. The number of aromatic nitrogens is 2. The molecule has 0 bridgehead atoms. The van der Waals surface area contributed by atoms with Gasteiger partial charge >= 0.3 is 0 Å². The Morgan fingerprint density at radius 1 is 1.33 bits per heavy atom. The summed E-state index contributed by atoms with van der Waals surface area (Å²) < 4.78 is 27.6. The summed E-state index contributed by atoms with van der Waals surface area (Å²) in [6.07, 6.45) is 1.47. The van der Waals surface area contributed by atoms with Crippen molar-refractivity contribution in [3.8, 4) is 0 Å². The summed E-state index contributed by atoms with van der Waals surface area (Å²) >= 11 is 0. The largest absolute Gasteiger partial charge is 0.393 e. The first kappa shape index (κ1) is 15.1. The van der Waals surface area contributed by atoms with Crippen LogP contribution in [0.15, 0.2) is 4.52 Å². The number of aliphatic hydroxyl groups excluding tert-OH is 1. The maximum atomic E-state index is 11.3. The van der Waals surface area contributed by atoms with Crippen molar-refractivity contribution in [2.75, 3.05) is 6.26 Å². The van der Waals surface area contributed by atoms with E-state index in [1.165, 1.54) is 6.92 Å². The van der Waals surface area contributed by atoms with Crippen LogP contribution in [-0.2, 0) is 16.3 Å². The third-order valence-corrected chi connectivity index (χ3v) is 4.14. The Kier molecular flexibility index (Phi) is 4.86. The lowest BCUT2D eigenvalue weighted by molar-refractivity contribution is 0.138. The first-order valence-electron chi connectivity index (χ1n) is 5.89. The van der Waals surface area contributed by atoms with Gasteiger partial charge in [0, 0.05) is 6.26 Å². The van der Waals surface area contributed by atoms with Gasteiger partial charge in [0.2, 0.25) is 5.89 Å². The minimum absolute atomic E-state index is 0.143. The van der Waals surface area contributed by atoms with E-state index in [-0.39, 0.29) is 18.1 Å². The minimum Gasteiger partial charge on any atom is -0.393 e. The van der Waals surface area contributed by atoms with Gasteiger partial charge in [-0.15, -0.1) is 0 Å². The lowest BCUT2D eigenvalue weighted by Crippen LogP contribution is -2.14. The smallest absolute Gasteiger partial charge is 0.229 e. The second-order valence-electron chi connectivity index (χ2n) is 5.01. The molecule has 1 aromatic rings. The molecule has 0 saturated heterocycles. The molecule has 7 heteroatoms. The van der Waals surface area contributed by atoms with Crippen molar-refractivity contribution in [2.24, 2.45) is 5.92 Å². The molecule has 2 atom stereocenters. The molecular formula is C11H20N2O4S. The summed E-state index contributed by atoms with van der Waals surface area (Å²) in [6, 6.07) is 0. The fourth-order valence-electron chi connectivity index (χ4n) is 1.54. The van der Waals surface area contributed by atoms with Crippen LogP contribution in [-0.4, -0.2) is 36.0 Å². The van der Waals surface area contributed by atoms with Crippen LogP contribution in [0.2, 0.25) is 0 Å². The highest BCUT2D eigenvalue weighted by molar-refractivity contribution is 7.90. The van der Waals surface area contributed by atoms with E-state index in [0.29, 0.717) is 12.3 Å². The van der Waals surface area contributed by atoms with Crippen molar-refractivity contribution < 1.29 is 18.0 Å². The van der Waals surface area contributed by atoms with E-state index >= 15 is 0 Å². The van der Waals surface area contributed by atoms with Crippen molar-refractivity contribution in [1.29, 1.82) is 0 Å². The standard InChI is InChI=1S/C11H20N2O4S/c1-7(2)5-9(14)6-10-12-11(13-17-10)8(3)18(4,15)16/h7-9,14H,5-6H2,1-4H3. The van der Waals surface area contributed by atoms with Crippen LogP contribution in [0.5, 0.6) is 0 Å². The Morgan fingerprint density at radius 2 is 1.94 bits per heavy atom. The molecule has 6 nitrogen and oxygen atoms in total. The van der Waals surface area contributed by atoms with Crippen LogP contribution in [0.25, 0.3) is 0 Å². The SMILES string of the molecule is CC(C)CC(O)Cc1nc(C(C)S(C)(=O)=O)no1. The van der Waals surface area contributed by atoms with Crippen molar-refractivity contribution in [2.45, 2.75) is 45.0 Å². The van der Waals surface area contributed by atoms with E-state index in [0.717, 1.165) is 6.26 Å². The Hall–Kier alpha value is -0.950. The van der Waals surface area contributed by atoms with Crippen LogP contribution in [0.1, 0.15) is 44.2 Å². The summed E-state index contributed by atoms with van der Waals surface area (Å²) in [4.78, 5) is 4.01. The molecule has 0 aliphatic carbocycles. The number of hydrogen-bond acceptors (Lipinski definition) is 6. The molecule has 0 aliphatic rings. The molecule has 1 N–H and O–H groups in total. The van der Waals surface area contributed by atoms with Gasteiger partial charge in [-0.1, -0.05) is 19.0 Å². The Morgan fingerprint density at radius 3 is 2.44 bits per heavy atom. The lowest BCUT2D eigenvalue weighted by Gasteiger charge is -2.09. The summed E-state index contributed by atoms with van der Waals surface area (Å²) in [5, 5.41) is 12.6. The maximum Gasteiger partial charge on any atom is 0.229 e. The molecule has 18 heavy (non-hydrogen) atoms. The lowest BCUT2D eigenvalue weighted by atomic mass is 10.0. The van der Waals surface area contributed by atoms with Crippen LogP contribution >= 0.6 is 0 Å². The molecule has 0 fully saturated rings. The minimum atomic E-state index is -3.24. The van der Waals surface area contributed by atoms with Gasteiger partial charge in [0.1, 0.15) is 5.25 Å². The molecule has 0 aliphatic heterocycles. The van der Waals surface area contributed by atoms with E-state index in [4.69, 9.17) is 4.52 Å². The van der Waals surface area contributed by atoms with Crippen molar-refractivity contribution >= 4 is 9.84 Å². The quantitative estimate of drug-likeness (QED) is 0.837. The summed E-state index contributed by atoms with van der Waals surface area (Å²) in [5.74, 6) is 0.787. The van der Waals surface area contributed by atoms with E-state index in [9.17, 15) is 13.5 Å². The van der Waals surface area contributed by atoms with Gasteiger partial charge < -0.3 is 9.63 Å². The summed E-state index contributed by atoms with van der Waals surface area (Å²) in [6.45, 7) is 5.52. The molecule has 0 spiro atoms.